The summed E-state index contributed by atoms with van der Waals surface area (Å²) in [6.07, 6.45) is 0. The minimum Gasteiger partial charge on any atom is -0.436 e. The van der Waals surface area contributed by atoms with Crippen molar-refractivity contribution in [2.45, 2.75) is 0 Å². The Balaban J connectivity index is 2.11. The van der Waals surface area contributed by atoms with E-state index in [0.29, 0.717) is 11.5 Å². The second-order valence-electron chi connectivity index (χ2n) is 3.68. The largest absolute Gasteiger partial charge is 0.436 e. The van der Waals surface area contributed by atoms with Crippen molar-refractivity contribution in [1.29, 1.82) is 5.26 Å². The number of hydrogen-bond donors (Lipinski definition) is 0. The van der Waals surface area contributed by atoms with E-state index in [2.05, 4.69) is 11.1 Å². The highest BCUT2D eigenvalue weighted by atomic mass is 16.3. The van der Waals surface area contributed by atoms with E-state index in [9.17, 15) is 0 Å². The van der Waals surface area contributed by atoms with Gasteiger partial charge in [-0.15, -0.1) is 0 Å². The van der Waals surface area contributed by atoms with Gasteiger partial charge in [0.2, 0.25) is 5.89 Å². The van der Waals surface area contributed by atoms with Gasteiger partial charge in [0.05, 0.1) is 11.6 Å². The highest BCUT2D eigenvalue weighted by Gasteiger charge is 2.06. The van der Waals surface area contributed by atoms with Gasteiger partial charge in [-0.1, -0.05) is 12.1 Å². The Morgan fingerprint density at radius 2 is 1.76 bits per heavy atom. The lowest BCUT2D eigenvalue weighted by Crippen LogP contribution is -1.78. The molecule has 0 saturated heterocycles. The summed E-state index contributed by atoms with van der Waals surface area (Å²) < 4.78 is 5.63. The Kier molecular flexibility index (Phi) is 2.13. The average Bonchev–Trinajstić information content (AvgIpc) is 2.82. The van der Waals surface area contributed by atoms with Crippen LogP contribution in [0.15, 0.2) is 52.9 Å². The molecule has 1 aromatic heterocycles. The molecule has 1 heterocycles. The fraction of sp³-hybridized carbons (Fsp3) is 0. The van der Waals surface area contributed by atoms with Gasteiger partial charge in [0.1, 0.15) is 5.52 Å². The zero-order chi connectivity index (χ0) is 11.7. The maximum absolute atomic E-state index is 8.72. The second kappa shape index (κ2) is 3.76. The van der Waals surface area contributed by atoms with Gasteiger partial charge in [-0.05, 0) is 36.4 Å². The lowest BCUT2D eigenvalue weighted by atomic mass is 10.1. The van der Waals surface area contributed by atoms with Crippen LogP contribution >= 0.6 is 0 Å². The summed E-state index contributed by atoms with van der Waals surface area (Å²) in [5.41, 5.74) is 3.11. The van der Waals surface area contributed by atoms with Crippen LogP contribution in [0.3, 0.4) is 0 Å². The van der Waals surface area contributed by atoms with Crippen molar-refractivity contribution in [3.8, 4) is 17.5 Å². The van der Waals surface area contributed by atoms with Crippen molar-refractivity contribution in [3.05, 3.63) is 54.1 Å². The average molecular weight is 220 g/mol. The Morgan fingerprint density at radius 1 is 1.00 bits per heavy atom. The lowest BCUT2D eigenvalue weighted by molar-refractivity contribution is 0.620. The van der Waals surface area contributed by atoms with E-state index in [-0.39, 0.29) is 0 Å². The van der Waals surface area contributed by atoms with Crippen molar-refractivity contribution in [2.24, 2.45) is 0 Å². The quantitative estimate of drug-likeness (QED) is 0.631. The number of aromatic nitrogens is 1. The Hall–Kier alpha value is -2.60. The Labute approximate surface area is 97.9 Å². The first-order valence-corrected chi connectivity index (χ1v) is 5.23. The topological polar surface area (TPSA) is 49.8 Å². The molecule has 0 aliphatic heterocycles. The van der Waals surface area contributed by atoms with Crippen LogP contribution in [0.4, 0.5) is 0 Å². The van der Waals surface area contributed by atoms with E-state index < -0.39 is 0 Å². The van der Waals surface area contributed by atoms with E-state index in [4.69, 9.17) is 9.68 Å². The summed E-state index contributed by atoms with van der Waals surface area (Å²) in [7, 11) is 0. The van der Waals surface area contributed by atoms with E-state index in [1.807, 2.05) is 36.4 Å². The summed E-state index contributed by atoms with van der Waals surface area (Å²) in [6.45, 7) is 0. The van der Waals surface area contributed by atoms with Crippen LogP contribution in [0.25, 0.3) is 22.6 Å². The molecule has 0 saturated carbocycles. The van der Waals surface area contributed by atoms with Crippen molar-refractivity contribution in [3.63, 3.8) is 0 Å². The lowest BCUT2D eigenvalue weighted by Gasteiger charge is -1.93. The number of nitrogens with zero attached hydrogens (tertiary/aromatic N) is 2. The molecule has 0 aliphatic rings. The number of oxazole rings is 1. The molecule has 0 spiro atoms. The van der Waals surface area contributed by atoms with Crippen molar-refractivity contribution < 1.29 is 4.42 Å². The zero-order valence-corrected chi connectivity index (χ0v) is 8.92. The predicted octanol–water partition coefficient (Wildman–Crippen LogP) is 3.37. The van der Waals surface area contributed by atoms with Gasteiger partial charge < -0.3 is 4.42 Å². The molecule has 0 atom stereocenters. The van der Waals surface area contributed by atoms with Crippen LogP contribution in [0, 0.1) is 11.3 Å². The highest BCUT2D eigenvalue weighted by Crippen LogP contribution is 2.23. The predicted molar refractivity (Wildman–Crippen MR) is 64.2 cm³/mol. The number of rotatable bonds is 1. The van der Waals surface area contributed by atoms with Gasteiger partial charge in [0.25, 0.3) is 0 Å². The van der Waals surface area contributed by atoms with Crippen molar-refractivity contribution in [2.75, 3.05) is 0 Å². The summed E-state index contributed by atoms with van der Waals surface area (Å²) in [6, 6.07) is 16.9. The smallest absolute Gasteiger partial charge is 0.227 e. The zero-order valence-electron chi connectivity index (χ0n) is 8.92. The minimum atomic E-state index is 0.579. The van der Waals surface area contributed by atoms with Crippen LogP contribution in [0.1, 0.15) is 5.56 Å². The van der Waals surface area contributed by atoms with Gasteiger partial charge in [0, 0.05) is 5.56 Å². The summed E-state index contributed by atoms with van der Waals surface area (Å²) in [5, 5.41) is 8.72. The number of para-hydroxylation sites is 2. The molecular formula is C14H8N2O. The molecule has 0 aliphatic carbocycles. The molecule has 2 aromatic carbocycles. The first kappa shape index (κ1) is 9.61. The van der Waals surface area contributed by atoms with Gasteiger partial charge in [-0.2, -0.15) is 5.26 Å². The first-order valence-electron chi connectivity index (χ1n) is 5.23. The maximum atomic E-state index is 8.72. The third kappa shape index (κ3) is 1.66. The monoisotopic (exact) mass is 220 g/mol. The molecule has 0 bridgehead atoms. The molecule has 80 valence electrons. The molecule has 17 heavy (non-hydrogen) atoms. The molecule has 3 heteroatoms. The third-order valence-corrected chi connectivity index (χ3v) is 2.55. The van der Waals surface area contributed by atoms with Crippen LogP contribution < -0.4 is 0 Å². The molecule has 0 N–H and O–H groups in total. The summed E-state index contributed by atoms with van der Waals surface area (Å²) >= 11 is 0. The number of hydrogen-bond acceptors (Lipinski definition) is 3. The molecule has 0 amide bonds. The van der Waals surface area contributed by atoms with Gasteiger partial charge in [0.15, 0.2) is 5.58 Å². The molecule has 3 aromatic rings. The number of nitriles is 1. The van der Waals surface area contributed by atoms with E-state index in [1.165, 1.54) is 0 Å². The maximum Gasteiger partial charge on any atom is 0.227 e. The number of fused-ring (bicyclic) bond motifs is 1. The van der Waals surface area contributed by atoms with E-state index in [0.717, 1.165) is 16.7 Å². The molecule has 3 nitrogen and oxygen atoms in total. The second-order valence-corrected chi connectivity index (χ2v) is 3.68. The third-order valence-electron chi connectivity index (χ3n) is 2.55. The van der Waals surface area contributed by atoms with Crippen molar-refractivity contribution >= 4 is 11.1 Å². The van der Waals surface area contributed by atoms with E-state index in [1.54, 1.807) is 12.1 Å². The van der Waals surface area contributed by atoms with Gasteiger partial charge in [-0.25, -0.2) is 4.98 Å². The van der Waals surface area contributed by atoms with Gasteiger partial charge in [-0.3, -0.25) is 0 Å². The minimum absolute atomic E-state index is 0.579. The normalized spacial score (nSPS) is 10.3. The fourth-order valence-corrected chi connectivity index (χ4v) is 1.68. The SMILES string of the molecule is N#Cc1ccc(-c2nc3ccccc3o2)cc1. The van der Waals surface area contributed by atoms with Crippen LogP contribution in [0.5, 0.6) is 0 Å². The molecule has 0 unspecified atom stereocenters. The fourth-order valence-electron chi connectivity index (χ4n) is 1.68. The molecule has 0 radical (unpaired) electrons. The van der Waals surface area contributed by atoms with Crippen molar-refractivity contribution in [1.82, 2.24) is 4.98 Å². The van der Waals surface area contributed by atoms with Crippen LogP contribution in [-0.4, -0.2) is 4.98 Å². The Morgan fingerprint density at radius 3 is 2.47 bits per heavy atom. The summed E-state index contributed by atoms with van der Waals surface area (Å²) in [5.74, 6) is 0.579. The first-order chi connectivity index (χ1) is 8.36. The van der Waals surface area contributed by atoms with Gasteiger partial charge >= 0.3 is 0 Å². The molecule has 0 fully saturated rings. The standard InChI is InChI=1S/C14H8N2O/c15-9-10-5-7-11(8-6-10)14-16-12-3-1-2-4-13(12)17-14/h1-8H. The Bertz CT molecular complexity index is 672. The van der Waals surface area contributed by atoms with Crippen LogP contribution in [-0.2, 0) is 0 Å². The highest BCUT2D eigenvalue weighted by molar-refractivity contribution is 5.76. The molecule has 3 rings (SSSR count). The van der Waals surface area contributed by atoms with E-state index >= 15 is 0 Å². The summed E-state index contributed by atoms with van der Waals surface area (Å²) in [4.78, 5) is 4.39. The van der Waals surface area contributed by atoms with Crippen LogP contribution in [0.2, 0.25) is 0 Å². The number of benzene rings is 2. The molecular weight excluding hydrogens is 212 g/mol.